The average molecular weight is 246 g/mol. The maximum absolute atomic E-state index is 12.3. The molecule has 0 aliphatic rings. The molecule has 1 unspecified atom stereocenters. The monoisotopic (exact) mass is 246 g/mol. The van der Waals surface area contributed by atoms with Crippen molar-refractivity contribution in [3.05, 3.63) is 29.8 Å². The molecule has 0 bridgehead atoms. The van der Waals surface area contributed by atoms with Crippen LogP contribution in [-0.2, 0) is 11.0 Å². The second-order valence-corrected chi connectivity index (χ2v) is 3.70. The van der Waals surface area contributed by atoms with Gasteiger partial charge in [0.05, 0.1) is 5.56 Å². The number of alkyl halides is 3. The normalized spacial score (nSPS) is 13.2. The van der Waals surface area contributed by atoms with Gasteiger partial charge in [-0.1, -0.05) is 6.92 Å². The van der Waals surface area contributed by atoms with Crippen molar-refractivity contribution >= 4 is 11.6 Å². The summed E-state index contributed by atoms with van der Waals surface area (Å²) >= 11 is 0. The van der Waals surface area contributed by atoms with Crippen LogP contribution in [0.5, 0.6) is 0 Å². The largest absolute Gasteiger partial charge is 0.416 e. The van der Waals surface area contributed by atoms with Gasteiger partial charge in [-0.2, -0.15) is 13.2 Å². The maximum atomic E-state index is 12.3. The molecule has 1 amide bonds. The maximum Gasteiger partial charge on any atom is 0.416 e. The van der Waals surface area contributed by atoms with Crippen LogP contribution in [0.4, 0.5) is 18.9 Å². The predicted molar refractivity (Wildman–Crippen MR) is 58.3 cm³/mol. The van der Waals surface area contributed by atoms with Crippen LogP contribution in [0.1, 0.15) is 12.5 Å². The number of amides is 1. The fraction of sp³-hybridized carbons (Fsp3) is 0.364. The van der Waals surface area contributed by atoms with Crippen LogP contribution in [-0.4, -0.2) is 12.5 Å². The molecule has 3 nitrogen and oxygen atoms in total. The van der Waals surface area contributed by atoms with Crippen molar-refractivity contribution in [3.8, 4) is 0 Å². The highest BCUT2D eigenvalue weighted by Crippen LogP contribution is 2.29. The lowest BCUT2D eigenvalue weighted by atomic mass is 10.1. The van der Waals surface area contributed by atoms with E-state index in [4.69, 9.17) is 5.73 Å². The van der Waals surface area contributed by atoms with Crippen molar-refractivity contribution in [2.75, 3.05) is 11.9 Å². The van der Waals surface area contributed by atoms with Crippen LogP contribution in [0, 0.1) is 5.92 Å². The number of carbonyl (C=O) groups is 1. The van der Waals surface area contributed by atoms with Gasteiger partial charge < -0.3 is 11.1 Å². The van der Waals surface area contributed by atoms with Gasteiger partial charge >= 0.3 is 6.18 Å². The predicted octanol–water partition coefficient (Wildman–Crippen LogP) is 2.24. The SMILES string of the molecule is CC(CN)C(=O)Nc1ccc(C(F)(F)F)cc1. The van der Waals surface area contributed by atoms with Crippen molar-refractivity contribution < 1.29 is 18.0 Å². The van der Waals surface area contributed by atoms with E-state index in [-0.39, 0.29) is 18.4 Å². The Morgan fingerprint density at radius 1 is 1.35 bits per heavy atom. The summed E-state index contributed by atoms with van der Waals surface area (Å²) in [5, 5.41) is 2.48. The first-order valence-electron chi connectivity index (χ1n) is 5.02. The molecule has 0 aliphatic heterocycles. The van der Waals surface area contributed by atoms with Gasteiger partial charge in [0.15, 0.2) is 0 Å². The van der Waals surface area contributed by atoms with Crippen molar-refractivity contribution in [1.29, 1.82) is 0 Å². The molecule has 3 N–H and O–H groups in total. The molecule has 0 spiro atoms. The number of benzene rings is 1. The fourth-order valence-corrected chi connectivity index (χ4v) is 1.12. The molecule has 1 aromatic carbocycles. The second kappa shape index (κ2) is 5.18. The van der Waals surface area contributed by atoms with E-state index in [1.54, 1.807) is 6.92 Å². The lowest BCUT2D eigenvalue weighted by Gasteiger charge is -2.11. The van der Waals surface area contributed by atoms with Crippen LogP contribution >= 0.6 is 0 Å². The Balaban J connectivity index is 2.73. The molecule has 94 valence electrons. The van der Waals surface area contributed by atoms with Gasteiger partial charge in [0, 0.05) is 18.2 Å². The molecule has 0 saturated heterocycles. The first-order valence-corrected chi connectivity index (χ1v) is 5.02. The number of halogens is 3. The minimum absolute atomic E-state index is 0.187. The molecule has 0 saturated carbocycles. The highest BCUT2D eigenvalue weighted by Gasteiger charge is 2.30. The van der Waals surface area contributed by atoms with Gasteiger partial charge in [-0.05, 0) is 24.3 Å². The van der Waals surface area contributed by atoms with E-state index in [0.29, 0.717) is 5.69 Å². The standard InChI is InChI=1S/C11H13F3N2O/c1-7(6-15)10(17)16-9-4-2-8(3-5-9)11(12,13)14/h2-5,7H,6,15H2,1H3,(H,16,17). The van der Waals surface area contributed by atoms with Gasteiger partial charge in [0.2, 0.25) is 5.91 Å². The zero-order chi connectivity index (χ0) is 13.1. The Bertz CT molecular complexity index is 387. The highest BCUT2D eigenvalue weighted by molar-refractivity contribution is 5.92. The zero-order valence-electron chi connectivity index (χ0n) is 9.21. The van der Waals surface area contributed by atoms with Crippen LogP contribution in [0.2, 0.25) is 0 Å². The molecule has 1 rings (SSSR count). The van der Waals surface area contributed by atoms with Crippen molar-refractivity contribution in [1.82, 2.24) is 0 Å². The summed E-state index contributed by atoms with van der Waals surface area (Å²) in [4.78, 5) is 11.4. The number of anilines is 1. The Hall–Kier alpha value is -1.56. The molecule has 1 atom stereocenters. The third-order valence-electron chi connectivity index (χ3n) is 2.28. The van der Waals surface area contributed by atoms with Crippen molar-refractivity contribution in [2.45, 2.75) is 13.1 Å². The van der Waals surface area contributed by atoms with Gasteiger partial charge in [0.1, 0.15) is 0 Å². The first kappa shape index (κ1) is 13.5. The van der Waals surface area contributed by atoms with Gasteiger partial charge in [-0.3, -0.25) is 4.79 Å². The smallest absolute Gasteiger partial charge is 0.330 e. The summed E-state index contributed by atoms with van der Waals surface area (Å²) in [5.41, 5.74) is 4.87. The third-order valence-corrected chi connectivity index (χ3v) is 2.28. The van der Waals surface area contributed by atoms with E-state index in [9.17, 15) is 18.0 Å². The van der Waals surface area contributed by atoms with E-state index < -0.39 is 11.7 Å². The highest BCUT2D eigenvalue weighted by atomic mass is 19.4. The fourth-order valence-electron chi connectivity index (χ4n) is 1.12. The van der Waals surface area contributed by atoms with Crippen LogP contribution in [0.25, 0.3) is 0 Å². The van der Waals surface area contributed by atoms with E-state index in [0.717, 1.165) is 12.1 Å². The van der Waals surface area contributed by atoms with E-state index in [2.05, 4.69) is 5.32 Å². The van der Waals surface area contributed by atoms with Crippen LogP contribution in [0.15, 0.2) is 24.3 Å². The summed E-state index contributed by atoms with van der Waals surface area (Å²) in [7, 11) is 0. The number of nitrogens with one attached hydrogen (secondary N) is 1. The molecular formula is C11H13F3N2O. The van der Waals surface area contributed by atoms with E-state index >= 15 is 0 Å². The molecule has 17 heavy (non-hydrogen) atoms. The van der Waals surface area contributed by atoms with Crippen molar-refractivity contribution in [2.24, 2.45) is 11.7 Å². The van der Waals surface area contributed by atoms with Gasteiger partial charge in [-0.25, -0.2) is 0 Å². The quantitative estimate of drug-likeness (QED) is 0.859. The number of rotatable bonds is 3. The van der Waals surface area contributed by atoms with Crippen LogP contribution in [0.3, 0.4) is 0 Å². The minimum atomic E-state index is -4.37. The minimum Gasteiger partial charge on any atom is -0.330 e. The molecule has 1 aromatic rings. The van der Waals surface area contributed by atoms with Gasteiger partial charge in [0.25, 0.3) is 0 Å². The number of carbonyl (C=O) groups excluding carboxylic acids is 1. The molecule has 0 aliphatic carbocycles. The lowest BCUT2D eigenvalue weighted by Crippen LogP contribution is -2.26. The topological polar surface area (TPSA) is 55.1 Å². The van der Waals surface area contributed by atoms with Gasteiger partial charge in [-0.15, -0.1) is 0 Å². The summed E-state index contributed by atoms with van der Waals surface area (Å²) < 4.78 is 36.8. The average Bonchev–Trinajstić information content (AvgIpc) is 2.27. The molecule has 6 heteroatoms. The molecule has 0 radical (unpaired) electrons. The number of nitrogens with two attached hydrogens (primary N) is 1. The Morgan fingerprint density at radius 3 is 2.29 bits per heavy atom. The van der Waals surface area contributed by atoms with E-state index in [1.165, 1.54) is 12.1 Å². The number of hydrogen-bond acceptors (Lipinski definition) is 2. The Morgan fingerprint density at radius 2 is 1.88 bits per heavy atom. The Labute approximate surface area is 96.8 Å². The van der Waals surface area contributed by atoms with Crippen LogP contribution < -0.4 is 11.1 Å². The molecule has 0 aromatic heterocycles. The zero-order valence-corrected chi connectivity index (χ0v) is 9.21. The lowest BCUT2D eigenvalue weighted by molar-refractivity contribution is -0.137. The van der Waals surface area contributed by atoms with E-state index in [1.807, 2.05) is 0 Å². The first-order chi connectivity index (χ1) is 7.84. The molecule has 0 heterocycles. The summed E-state index contributed by atoms with van der Waals surface area (Å²) in [5.74, 6) is -0.690. The summed E-state index contributed by atoms with van der Waals surface area (Å²) in [6, 6.07) is 4.26. The summed E-state index contributed by atoms with van der Waals surface area (Å²) in [6.07, 6.45) is -4.37. The second-order valence-electron chi connectivity index (χ2n) is 3.70. The molecule has 0 fully saturated rings. The van der Waals surface area contributed by atoms with Crippen molar-refractivity contribution in [3.63, 3.8) is 0 Å². The number of hydrogen-bond donors (Lipinski definition) is 2. The summed E-state index contributed by atoms with van der Waals surface area (Å²) in [6.45, 7) is 1.83. The third kappa shape index (κ3) is 3.74. The molecular weight excluding hydrogens is 233 g/mol. The Kier molecular flexibility index (Phi) is 4.11.